The molecule has 0 bridgehead atoms. The second-order valence-corrected chi connectivity index (χ2v) is 11.4. The van der Waals surface area contributed by atoms with Crippen LogP contribution in [0.25, 0.3) is 11.3 Å². The van der Waals surface area contributed by atoms with Gasteiger partial charge in [-0.1, -0.05) is 41.4 Å². The van der Waals surface area contributed by atoms with Crippen molar-refractivity contribution in [3.05, 3.63) is 117 Å². The average molecular weight is 661 g/mol. The Kier molecular flexibility index (Phi) is 10.3. The van der Waals surface area contributed by atoms with Gasteiger partial charge < -0.3 is 20.1 Å². The summed E-state index contributed by atoms with van der Waals surface area (Å²) in [6, 6.07) is 24.8. The number of carbonyl (C=O) groups excluding carboxylic acids is 2. The van der Waals surface area contributed by atoms with Gasteiger partial charge in [-0.25, -0.2) is 10.4 Å². The van der Waals surface area contributed by atoms with Gasteiger partial charge in [0.05, 0.1) is 19.0 Å². The molecule has 1 heterocycles. The SMILES string of the molecule is COc1cc(/C=N\NC(=O)c2ccc(-c3csc(Nc4ccc(Cl)cc4)n3)cc2)ccc1OCC(=O)Nc1ccc(C)c(Cl)c1. The highest BCUT2D eigenvalue weighted by molar-refractivity contribution is 7.14. The number of ether oxygens (including phenoxy) is 2. The minimum absolute atomic E-state index is 0.228. The highest BCUT2D eigenvalue weighted by atomic mass is 35.5. The quantitative estimate of drug-likeness (QED) is 0.0979. The molecule has 0 aliphatic heterocycles. The molecule has 228 valence electrons. The van der Waals surface area contributed by atoms with Crippen molar-refractivity contribution in [3.8, 4) is 22.8 Å². The normalized spacial score (nSPS) is 10.8. The molecular weight excluding hydrogens is 633 g/mol. The van der Waals surface area contributed by atoms with Crippen molar-refractivity contribution >= 4 is 69.1 Å². The number of hydrazone groups is 1. The number of methoxy groups -OCH3 is 1. The van der Waals surface area contributed by atoms with Crippen molar-refractivity contribution in [2.45, 2.75) is 6.92 Å². The van der Waals surface area contributed by atoms with E-state index in [1.165, 1.54) is 24.7 Å². The first-order valence-corrected chi connectivity index (χ1v) is 15.2. The molecule has 5 rings (SSSR count). The Morgan fingerprint density at radius 2 is 1.69 bits per heavy atom. The number of nitrogens with zero attached hydrogens (tertiary/aromatic N) is 2. The maximum Gasteiger partial charge on any atom is 0.271 e. The molecule has 0 saturated carbocycles. The molecule has 0 aliphatic carbocycles. The van der Waals surface area contributed by atoms with Gasteiger partial charge in [0.15, 0.2) is 23.2 Å². The molecule has 3 N–H and O–H groups in total. The van der Waals surface area contributed by atoms with E-state index in [0.717, 1.165) is 27.6 Å². The minimum Gasteiger partial charge on any atom is -0.493 e. The van der Waals surface area contributed by atoms with Crippen LogP contribution in [0, 0.1) is 6.92 Å². The molecular formula is C33H27Cl2N5O4S. The lowest BCUT2D eigenvalue weighted by molar-refractivity contribution is -0.118. The minimum atomic E-state index is -0.367. The van der Waals surface area contributed by atoms with Gasteiger partial charge in [0, 0.05) is 37.9 Å². The van der Waals surface area contributed by atoms with E-state index in [0.29, 0.717) is 38.4 Å². The van der Waals surface area contributed by atoms with Gasteiger partial charge in [-0.2, -0.15) is 5.10 Å². The topological polar surface area (TPSA) is 114 Å². The summed E-state index contributed by atoms with van der Waals surface area (Å²) >= 11 is 13.5. The van der Waals surface area contributed by atoms with Gasteiger partial charge in [-0.3, -0.25) is 9.59 Å². The van der Waals surface area contributed by atoms with Gasteiger partial charge in [0.1, 0.15) is 0 Å². The lowest BCUT2D eigenvalue weighted by Gasteiger charge is -2.12. The fraction of sp³-hybridized carbons (Fsp3) is 0.0909. The van der Waals surface area contributed by atoms with E-state index >= 15 is 0 Å². The third-order valence-electron chi connectivity index (χ3n) is 6.42. The largest absolute Gasteiger partial charge is 0.493 e. The van der Waals surface area contributed by atoms with Crippen LogP contribution in [0.3, 0.4) is 0 Å². The Bertz CT molecular complexity index is 1840. The molecule has 12 heteroatoms. The maximum absolute atomic E-state index is 12.7. The first kappa shape index (κ1) is 31.5. The highest BCUT2D eigenvalue weighted by Crippen LogP contribution is 2.29. The summed E-state index contributed by atoms with van der Waals surface area (Å²) in [7, 11) is 1.49. The molecule has 0 aliphatic rings. The van der Waals surface area contributed by atoms with E-state index in [2.05, 4.69) is 26.1 Å². The molecule has 0 atom stereocenters. The number of rotatable bonds is 11. The zero-order valence-corrected chi connectivity index (χ0v) is 26.5. The van der Waals surface area contributed by atoms with Crippen molar-refractivity contribution in [2.75, 3.05) is 24.4 Å². The van der Waals surface area contributed by atoms with Crippen LogP contribution < -0.4 is 25.5 Å². The number of thiazole rings is 1. The Balaban J connectivity index is 1.12. The Hall–Kier alpha value is -4.90. The average Bonchev–Trinajstić information content (AvgIpc) is 3.51. The zero-order valence-electron chi connectivity index (χ0n) is 24.1. The molecule has 2 amide bonds. The molecule has 4 aromatic carbocycles. The summed E-state index contributed by atoms with van der Waals surface area (Å²) in [4.78, 5) is 29.6. The lowest BCUT2D eigenvalue weighted by atomic mass is 10.1. The summed E-state index contributed by atoms with van der Waals surface area (Å²) in [6.07, 6.45) is 1.48. The zero-order chi connectivity index (χ0) is 31.8. The van der Waals surface area contributed by atoms with E-state index in [1.807, 2.05) is 54.8 Å². The van der Waals surface area contributed by atoms with E-state index in [9.17, 15) is 9.59 Å². The molecule has 1 aromatic heterocycles. The van der Waals surface area contributed by atoms with Gasteiger partial charge in [0.25, 0.3) is 11.8 Å². The Morgan fingerprint density at radius 1 is 0.933 bits per heavy atom. The Morgan fingerprint density at radius 3 is 2.42 bits per heavy atom. The van der Waals surface area contributed by atoms with Crippen LogP contribution in [0.2, 0.25) is 10.0 Å². The van der Waals surface area contributed by atoms with Crippen LogP contribution in [0.5, 0.6) is 11.5 Å². The number of aryl methyl sites for hydroxylation is 1. The van der Waals surface area contributed by atoms with Gasteiger partial charge in [-0.15, -0.1) is 11.3 Å². The molecule has 9 nitrogen and oxygen atoms in total. The number of carbonyl (C=O) groups is 2. The van der Waals surface area contributed by atoms with Gasteiger partial charge in [-0.05, 0) is 84.8 Å². The molecule has 0 radical (unpaired) electrons. The smallest absolute Gasteiger partial charge is 0.271 e. The van der Waals surface area contributed by atoms with E-state index in [-0.39, 0.29) is 18.4 Å². The van der Waals surface area contributed by atoms with Crippen molar-refractivity contribution in [1.29, 1.82) is 0 Å². The van der Waals surface area contributed by atoms with Crippen molar-refractivity contribution in [2.24, 2.45) is 5.10 Å². The summed E-state index contributed by atoms with van der Waals surface area (Å²) in [5, 5.41) is 14.0. The Labute approximate surface area is 273 Å². The van der Waals surface area contributed by atoms with E-state index < -0.39 is 0 Å². The number of amides is 2. The van der Waals surface area contributed by atoms with Crippen LogP contribution in [0.1, 0.15) is 21.5 Å². The third kappa shape index (κ3) is 8.60. The summed E-state index contributed by atoms with van der Waals surface area (Å²) < 4.78 is 11.1. The van der Waals surface area contributed by atoms with Crippen molar-refractivity contribution in [1.82, 2.24) is 10.4 Å². The van der Waals surface area contributed by atoms with Gasteiger partial charge in [0.2, 0.25) is 0 Å². The number of aromatic nitrogens is 1. The predicted molar refractivity (Wildman–Crippen MR) is 181 cm³/mol. The molecule has 0 unspecified atom stereocenters. The molecule has 5 aromatic rings. The molecule has 0 saturated heterocycles. The number of halogens is 2. The van der Waals surface area contributed by atoms with E-state index in [1.54, 1.807) is 42.5 Å². The number of hydrogen-bond donors (Lipinski definition) is 3. The molecule has 0 fully saturated rings. The first-order valence-electron chi connectivity index (χ1n) is 13.6. The molecule has 45 heavy (non-hydrogen) atoms. The molecule has 0 spiro atoms. The first-order chi connectivity index (χ1) is 21.8. The van der Waals surface area contributed by atoms with Crippen molar-refractivity contribution < 1.29 is 19.1 Å². The predicted octanol–water partition coefficient (Wildman–Crippen LogP) is 7.96. The summed E-state index contributed by atoms with van der Waals surface area (Å²) in [5.41, 5.74) is 7.67. The fourth-order valence-corrected chi connectivity index (χ4v) is 5.08. The fourth-order valence-electron chi connectivity index (χ4n) is 4.04. The number of anilines is 3. The van der Waals surface area contributed by atoms with E-state index in [4.69, 9.17) is 32.7 Å². The maximum atomic E-state index is 12.7. The number of benzene rings is 4. The number of hydrogen-bond acceptors (Lipinski definition) is 8. The van der Waals surface area contributed by atoms with Crippen molar-refractivity contribution in [3.63, 3.8) is 0 Å². The summed E-state index contributed by atoms with van der Waals surface area (Å²) in [6.45, 7) is 1.65. The lowest BCUT2D eigenvalue weighted by Crippen LogP contribution is -2.20. The summed E-state index contributed by atoms with van der Waals surface area (Å²) in [5.74, 6) is 0.0688. The standard InChI is InChI=1S/C33H27Cl2N5O4S/c1-20-3-11-26(16-27(20)35)37-31(41)18-44-29-14-4-21(15-30(29)43-2)17-36-40-32(42)23-7-5-22(6-8-23)28-19-45-33(39-28)38-25-12-9-24(34)10-13-25/h3-17,19H,18H2,1-2H3,(H,37,41)(H,38,39)(H,40,42)/b36-17-. The second kappa shape index (κ2) is 14.7. The highest BCUT2D eigenvalue weighted by Gasteiger charge is 2.11. The monoisotopic (exact) mass is 659 g/mol. The van der Waals surface area contributed by atoms with Crippen LogP contribution in [-0.4, -0.2) is 36.7 Å². The van der Waals surface area contributed by atoms with Crippen LogP contribution in [-0.2, 0) is 4.79 Å². The van der Waals surface area contributed by atoms with Crippen LogP contribution in [0.15, 0.2) is 95.4 Å². The van der Waals surface area contributed by atoms with Crippen LogP contribution in [0.4, 0.5) is 16.5 Å². The second-order valence-electron chi connectivity index (χ2n) is 9.66. The third-order valence-corrected chi connectivity index (χ3v) is 7.84. The van der Waals surface area contributed by atoms with Crippen LogP contribution >= 0.6 is 34.5 Å². The number of nitrogens with one attached hydrogen (secondary N) is 3. The van der Waals surface area contributed by atoms with Gasteiger partial charge >= 0.3 is 0 Å².